The molecule has 0 saturated heterocycles. The van der Waals surface area contributed by atoms with Gasteiger partial charge in [0.1, 0.15) is 11.9 Å². The van der Waals surface area contributed by atoms with Crippen LogP contribution in [0, 0.1) is 23.7 Å². The average Bonchev–Trinajstić information content (AvgIpc) is 2.82. The van der Waals surface area contributed by atoms with Gasteiger partial charge >= 0.3 is 5.97 Å². The van der Waals surface area contributed by atoms with E-state index in [1.54, 1.807) is 12.1 Å². The predicted octanol–water partition coefficient (Wildman–Crippen LogP) is 3.48. The molecule has 2 aliphatic rings. The summed E-state index contributed by atoms with van der Waals surface area (Å²) < 4.78 is 5.71. The van der Waals surface area contributed by atoms with E-state index in [9.17, 15) is 9.59 Å². The number of ether oxygens (including phenoxy) is 1. The van der Waals surface area contributed by atoms with Crippen molar-refractivity contribution in [3.8, 4) is 0 Å². The van der Waals surface area contributed by atoms with E-state index in [4.69, 9.17) is 4.74 Å². The quantitative estimate of drug-likeness (QED) is 0.782. The van der Waals surface area contributed by atoms with Crippen LogP contribution in [0.25, 0.3) is 0 Å². The van der Waals surface area contributed by atoms with E-state index in [2.05, 4.69) is 13.8 Å². The van der Waals surface area contributed by atoms with Gasteiger partial charge in [0, 0.05) is 18.3 Å². The number of hydrogen-bond acceptors (Lipinski definition) is 3. The van der Waals surface area contributed by atoms with Crippen molar-refractivity contribution in [2.24, 2.45) is 23.7 Å². The Bertz CT molecular complexity index is 537. The van der Waals surface area contributed by atoms with Crippen molar-refractivity contribution in [2.75, 3.05) is 0 Å². The van der Waals surface area contributed by atoms with Gasteiger partial charge in [0.05, 0.1) is 5.56 Å². The molecule has 1 aromatic rings. The Labute approximate surface area is 125 Å². The van der Waals surface area contributed by atoms with E-state index in [-0.39, 0.29) is 23.9 Å². The SMILES string of the molecule is C[C@@H]1[C@H]2C(=O)CC[C@H](C)[C@@H]2C[C@@H]1OC(=O)c1ccccc1. The van der Waals surface area contributed by atoms with Crippen LogP contribution in [0.2, 0.25) is 0 Å². The summed E-state index contributed by atoms with van der Waals surface area (Å²) in [5.74, 6) is 1.25. The van der Waals surface area contributed by atoms with Gasteiger partial charge in [0.15, 0.2) is 0 Å². The zero-order chi connectivity index (χ0) is 15.0. The molecule has 5 atom stereocenters. The van der Waals surface area contributed by atoms with Crippen LogP contribution >= 0.6 is 0 Å². The number of carbonyl (C=O) groups is 2. The van der Waals surface area contributed by atoms with Gasteiger partial charge in [-0.3, -0.25) is 4.79 Å². The standard InChI is InChI=1S/C18H22O3/c1-11-8-9-15(19)17-12(2)16(10-14(11)17)21-18(20)13-6-4-3-5-7-13/h3-7,11-12,14,16-17H,8-10H2,1-2H3/t11-,12-,14-,16-,17+/m0/s1. The third kappa shape index (κ3) is 2.61. The van der Waals surface area contributed by atoms with Crippen LogP contribution in [0.1, 0.15) is 43.5 Å². The first-order valence-electron chi connectivity index (χ1n) is 7.86. The molecule has 0 bridgehead atoms. The van der Waals surface area contributed by atoms with Crippen LogP contribution in [0.4, 0.5) is 0 Å². The fourth-order valence-electron chi connectivity index (χ4n) is 4.05. The summed E-state index contributed by atoms with van der Waals surface area (Å²) in [5, 5.41) is 0. The van der Waals surface area contributed by atoms with Crippen LogP contribution in [0.3, 0.4) is 0 Å². The molecule has 1 aromatic carbocycles. The second-order valence-electron chi connectivity index (χ2n) is 6.58. The van der Waals surface area contributed by atoms with Crippen molar-refractivity contribution in [1.29, 1.82) is 0 Å². The highest BCUT2D eigenvalue weighted by Crippen LogP contribution is 2.47. The summed E-state index contributed by atoms with van der Waals surface area (Å²) in [4.78, 5) is 24.4. The maximum absolute atomic E-state index is 12.2. The van der Waals surface area contributed by atoms with Crippen LogP contribution < -0.4 is 0 Å². The number of rotatable bonds is 2. The monoisotopic (exact) mass is 286 g/mol. The Hall–Kier alpha value is -1.64. The number of esters is 1. The molecule has 3 heteroatoms. The first kappa shape index (κ1) is 14.3. The van der Waals surface area contributed by atoms with Crippen LogP contribution in [0.15, 0.2) is 30.3 Å². The highest BCUT2D eigenvalue weighted by molar-refractivity contribution is 5.89. The lowest BCUT2D eigenvalue weighted by molar-refractivity contribution is -0.128. The van der Waals surface area contributed by atoms with E-state index in [1.807, 2.05) is 18.2 Å². The zero-order valence-corrected chi connectivity index (χ0v) is 12.6. The van der Waals surface area contributed by atoms with Crippen molar-refractivity contribution >= 4 is 11.8 Å². The molecule has 112 valence electrons. The number of hydrogen-bond donors (Lipinski definition) is 0. The second-order valence-corrected chi connectivity index (χ2v) is 6.58. The molecule has 0 heterocycles. The Morgan fingerprint density at radius 3 is 2.57 bits per heavy atom. The van der Waals surface area contributed by atoms with E-state index in [1.165, 1.54) is 0 Å². The maximum Gasteiger partial charge on any atom is 0.338 e. The molecule has 0 amide bonds. The van der Waals surface area contributed by atoms with Crippen LogP contribution in [0.5, 0.6) is 0 Å². The lowest BCUT2D eigenvalue weighted by atomic mass is 9.72. The topological polar surface area (TPSA) is 43.4 Å². The smallest absolute Gasteiger partial charge is 0.338 e. The summed E-state index contributed by atoms with van der Waals surface area (Å²) in [6.07, 6.45) is 2.37. The lowest BCUT2D eigenvalue weighted by Crippen LogP contribution is -2.33. The third-order valence-electron chi connectivity index (χ3n) is 5.34. The summed E-state index contributed by atoms with van der Waals surface area (Å²) in [6.45, 7) is 4.28. The molecule has 3 rings (SSSR count). The Morgan fingerprint density at radius 2 is 1.90 bits per heavy atom. The number of benzene rings is 1. The molecule has 0 aliphatic heterocycles. The second kappa shape index (κ2) is 5.63. The Morgan fingerprint density at radius 1 is 1.19 bits per heavy atom. The molecule has 0 aromatic heterocycles. The number of fused-ring (bicyclic) bond motifs is 1. The van der Waals surface area contributed by atoms with E-state index >= 15 is 0 Å². The Balaban J connectivity index is 1.73. The molecular formula is C18H22O3. The summed E-state index contributed by atoms with van der Waals surface area (Å²) in [6, 6.07) is 9.08. The molecule has 2 saturated carbocycles. The first-order chi connectivity index (χ1) is 10.1. The van der Waals surface area contributed by atoms with Gasteiger partial charge < -0.3 is 4.74 Å². The highest BCUT2D eigenvalue weighted by Gasteiger charge is 2.49. The minimum Gasteiger partial charge on any atom is -0.458 e. The van der Waals surface area contributed by atoms with Gasteiger partial charge in [-0.2, -0.15) is 0 Å². The van der Waals surface area contributed by atoms with Gasteiger partial charge in [-0.15, -0.1) is 0 Å². The molecule has 0 unspecified atom stereocenters. The largest absolute Gasteiger partial charge is 0.458 e. The van der Waals surface area contributed by atoms with Crippen molar-refractivity contribution in [3.63, 3.8) is 0 Å². The van der Waals surface area contributed by atoms with Crippen molar-refractivity contribution in [3.05, 3.63) is 35.9 Å². The average molecular weight is 286 g/mol. The lowest BCUT2D eigenvalue weighted by Gasteiger charge is -2.31. The van der Waals surface area contributed by atoms with Crippen molar-refractivity contribution in [1.82, 2.24) is 0 Å². The van der Waals surface area contributed by atoms with E-state index < -0.39 is 0 Å². The summed E-state index contributed by atoms with van der Waals surface area (Å²) in [7, 11) is 0. The molecule has 0 N–H and O–H groups in total. The van der Waals surface area contributed by atoms with Crippen molar-refractivity contribution < 1.29 is 14.3 Å². The minimum atomic E-state index is -0.272. The number of ketones is 1. The fraction of sp³-hybridized carbons (Fsp3) is 0.556. The van der Waals surface area contributed by atoms with E-state index in [0.29, 0.717) is 29.6 Å². The Kier molecular flexibility index (Phi) is 3.83. The molecule has 2 aliphatic carbocycles. The van der Waals surface area contributed by atoms with Gasteiger partial charge in [0.25, 0.3) is 0 Å². The van der Waals surface area contributed by atoms with Gasteiger partial charge in [-0.1, -0.05) is 32.0 Å². The zero-order valence-electron chi connectivity index (χ0n) is 12.6. The summed E-state index contributed by atoms with van der Waals surface area (Å²) >= 11 is 0. The van der Waals surface area contributed by atoms with E-state index in [0.717, 1.165) is 12.8 Å². The molecule has 2 fully saturated rings. The van der Waals surface area contributed by atoms with Crippen LogP contribution in [-0.2, 0) is 9.53 Å². The van der Waals surface area contributed by atoms with Gasteiger partial charge in [-0.05, 0) is 36.8 Å². The van der Waals surface area contributed by atoms with Crippen LogP contribution in [-0.4, -0.2) is 17.9 Å². The minimum absolute atomic E-state index is 0.0855. The maximum atomic E-state index is 12.2. The highest BCUT2D eigenvalue weighted by atomic mass is 16.5. The van der Waals surface area contributed by atoms with Gasteiger partial charge in [0.2, 0.25) is 0 Å². The fourth-order valence-corrected chi connectivity index (χ4v) is 4.05. The summed E-state index contributed by atoms with van der Waals surface area (Å²) in [5.41, 5.74) is 0.582. The molecule has 3 nitrogen and oxygen atoms in total. The molecule has 0 spiro atoms. The third-order valence-corrected chi connectivity index (χ3v) is 5.34. The molecular weight excluding hydrogens is 264 g/mol. The number of carbonyl (C=O) groups excluding carboxylic acids is 2. The molecule has 0 radical (unpaired) electrons. The number of Topliss-reactive ketones (excluding diaryl/α,β-unsaturated/α-hetero) is 1. The normalized spacial score (nSPS) is 35.3. The molecule has 21 heavy (non-hydrogen) atoms. The predicted molar refractivity (Wildman–Crippen MR) is 79.8 cm³/mol. The van der Waals surface area contributed by atoms with Crippen molar-refractivity contribution in [2.45, 2.75) is 39.2 Å². The first-order valence-corrected chi connectivity index (χ1v) is 7.86. The van der Waals surface area contributed by atoms with Gasteiger partial charge in [-0.25, -0.2) is 4.79 Å².